The maximum atomic E-state index is 12.0. The number of nitrogens with zero attached hydrogens (tertiary/aromatic N) is 3. The molecule has 1 fully saturated rings. The average Bonchev–Trinajstić information content (AvgIpc) is 2.48. The Bertz CT molecular complexity index is 532. The van der Waals surface area contributed by atoms with E-state index in [4.69, 9.17) is 0 Å². The molecule has 114 valence electrons. The van der Waals surface area contributed by atoms with Crippen LogP contribution in [0.1, 0.15) is 19.5 Å². The van der Waals surface area contributed by atoms with E-state index < -0.39 is 0 Å². The summed E-state index contributed by atoms with van der Waals surface area (Å²) in [4.78, 5) is 16.1. The molecule has 0 aromatic carbocycles. The van der Waals surface area contributed by atoms with Crippen molar-refractivity contribution in [3.05, 3.63) is 41.4 Å². The number of piperazine rings is 1. The number of rotatable bonds is 3. The number of carbonyl (C=O) groups excluding carboxylic acids is 1. The summed E-state index contributed by atoms with van der Waals surface area (Å²) in [5, 5.41) is 11.6. The monoisotopic (exact) mass is 289 g/mol. The molecule has 5 nitrogen and oxygen atoms in total. The summed E-state index contributed by atoms with van der Waals surface area (Å²) >= 11 is 0. The summed E-state index contributed by atoms with van der Waals surface area (Å²) in [7, 11) is 0. The number of carbonyl (C=O) groups is 1. The van der Waals surface area contributed by atoms with Crippen molar-refractivity contribution < 1.29 is 9.52 Å². The first-order valence-corrected chi connectivity index (χ1v) is 7.40. The highest BCUT2D eigenvalue weighted by molar-refractivity contribution is 5.87. The highest BCUT2D eigenvalue weighted by atomic mass is 16.5. The van der Waals surface area contributed by atoms with E-state index in [9.17, 15) is 10.0 Å². The molecule has 0 saturated carbocycles. The normalized spacial score (nSPS) is 16.0. The van der Waals surface area contributed by atoms with E-state index in [1.165, 1.54) is 6.20 Å². The standard InChI is InChI=1S/C16H23N3O2/c1-13(2)6-7-16(20)18-11-9-17(10-12-18)15-5-4-8-19(21)14(15)3/h4-8,13H,9-12H2,1-3H3. The van der Waals surface area contributed by atoms with Crippen LogP contribution in [0.3, 0.4) is 0 Å². The SMILES string of the molecule is Cc1c(N2CCN(C(=O)C=CC(C)C)CC2)ccc[n+]1[O-]. The first kappa shape index (κ1) is 15.4. The van der Waals surface area contributed by atoms with E-state index in [1.54, 1.807) is 12.1 Å². The molecule has 5 heteroatoms. The van der Waals surface area contributed by atoms with Gasteiger partial charge >= 0.3 is 0 Å². The summed E-state index contributed by atoms with van der Waals surface area (Å²) in [6, 6.07) is 3.72. The fourth-order valence-electron chi connectivity index (χ4n) is 2.44. The van der Waals surface area contributed by atoms with Gasteiger partial charge in [-0.25, -0.2) is 0 Å². The van der Waals surface area contributed by atoms with Crippen molar-refractivity contribution >= 4 is 11.6 Å². The maximum Gasteiger partial charge on any atom is 0.246 e. The minimum absolute atomic E-state index is 0.0759. The Kier molecular flexibility index (Phi) is 4.83. The van der Waals surface area contributed by atoms with E-state index >= 15 is 0 Å². The molecule has 2 rings (SSSR count). The van der Waals surface area contributed by atoms with Gasteiger partial charge in [-0.05, 0) is 18.1 Å². The van der Waals surface area contributed by atoms with Crippen molar-refractivity contribution in [1.82, 2.24) is 4.90 Å². The van der Waals surface area contributed by atoms with Gasteiger partial charge < -0.3 is 15.0 Å². The Morgan fingerprint density at radius 2 is 2.00 bits per heavy atom. The Morgan fingerprint density at radius 1 is 1.33 bits per heavy atom. The number of allylic oxidation sites excluding steroid dienone is 1. The fourth-order valence-corrected chi connectivity index (χ4v) is 2.44. The van der Waals surface area contributed by atoms with Crippen LogP contribution >= 0.6 is 0 Å². The van der Waals surface area contributed by atoms with Crippen LogP contribution in [0.4, 0.5) is 5.69 Å². The van der Waals surface area contributed by atoms with Gasteiger partial charge in [-0.1, -0.05) is 19.9 Å². The van der Waals surface area contributed by atoms with Crippen molar-refractivity contribution in [3.8, 4) is 0 Å². The third-order valence-corrected chi connectivity index (χ3v) is 3.73. The molecular formula is C16H23N3O2. The number of amides is 1. The van der Waals surface area contributed by atoms with Gasteiger partial charge in [-0.3, -0.25) is 4.79 Å². The summed E-state index contributed by atoms with van der Waals surface area (Å²) in [6.07, 6.45) is 5.10. The Balaban J connectivity index is 1.97. The summed E-state index contributed by atoms with van der Waals surface area (Å²) in [5.74, 6) is 0.460. The molecule has 0 bridgehead atoms. The third-order valence-electron chi connectivity index (χ3n) is 3.73. The van der Waals surface area contributed by atoms with Crippen molar-refractivity contribution in [3.63, 3.8) is 0 Å². The molecule has 0 aliphatic carbocycles. The minimum Gasteiger partial charge on any atom is -0.618 e. The lowest BCUT2D eigenvalue weighted by atomic mass is 10.2. The molecule has 1 saturated heterocycles. The lowest BCUT2D eigenvalue weighted by Crippen LogP contribution is -2.49. The van der Waals surface area contributed by atoms with E-state index in [1.807, 2.05) is 24.0 Å². The second-order valence-electron chi connectivity index (χ2n) is 5.72. The summed E-state index contributed by atoms with van der Waals surface area (Å²) < 4.78 is 0.887. The summed E-state index contributed by atoms with van der Waals surface area (Å²) in [5.41, 5.74) is 1.66. The molecule has 0 atom stereocenters. The first-order valence-electron chi connectivity index (χ1n) is 7.40. The molecule has 1 aromatic rings. The zero-order chi connectivity index (χ0) is 15.4. The molecule has 1 aliphatic rings. The number of anilines is 1. The van der Waals surface area contributed by atoms with Crippen molar-refractivity contribution in [2.45, 2.75) is 20.8 Å². The van der Waals surface area contributed by atoms with Crippen LogP contribution in [-0.2, 0) is 4.79 Å². The van der Waals surface area contributed by atoms with Crippen LogP contribution in [-0.4, -0.2) is 37.0 Å². The van der Waals surface area contributed by atoms with Gasteiger partial charge in [0.2, 0.25) is 11.6 Å². The second kappa shape index (κ2) is 6.61. The molecule has 0 radical (unpaired) electrons. The van der Waals surface area contributed by atoms with Gasteiger partial charge in [-0.15, -0.1) is 0 Å². The first-order chi connectivity index (χ1) is 9.99. The predicted molar refractivity (Wildman–Crippen MR) is 82.9 cm³/mol. The fraction of sp³-hybridized carbons (Fsp3) is 0.500. The van der Waals surface area contributed by atoms with Gasteiger partial charge in [-0.2, -0.15) is 4.73 Å². The van der Waals surface area contributed by atoms with E-state index in [0.29, 0.717) is 24.7 Å². The van der Waals surface area contributed by atoms with Gasteiger partial charge in [0.15, 0.2) is 6.20 Å². The van der Waals surface area contributed by atoms with E-state index in [0.717, 1.165) is 23.5 Å². The molecule has 21 heavy (non-hydrogen) atoms. The topological polar surface area (TPSA) is 50.5 Å². The van der Waals surface area contributed by atoms with Crippen molar-refractivity contribution in [1.29, 1.82) is 0 Å². The van der Waals surface area contributed by atoms with E-state index in [2.05, 4.69) is 18.7 Å². The lowest BCUT2D eigenvalue weighted by Gasteiger charge is -2.35. The Labute approximate surface area is 126 Å². The highest BCUT2D eigenvalue weighted by Gasteiger charge is 2.22. The van der Waals surface area contributed by atoms with Gasteiger partial charge in [0, 0.05) is 39.2 Å². The molecule has 0 unspecified atom stereocenters. The highest BCUT2D eigenvalue weighted by Crippen LogP contribution is 2.18. The van der Waals surface area contributed by atoms with Crippen molar-refractivity contribution in [2.24, 2.45) is 5.92 Å². The minimum atomic E-state index is 0.0759. The van der Waals surface area contributed by atoms with Crippen LogP contribution in [0.5, 0.6) is 0 Å². The third kappa shape index (κ3) is 3.74. The van der Waals surface area contributed by atoms with Crippen LogP contribution in [0, 0.1) is 18.0 Å². The second-order valence-corrected chi connectivity index (χ2v) is 5.72. The number of pyridine rings is 1. The lowest BCUT2D eigenvalue weighted by molar-refractivity contribution is -0.611. The predicted octanol–water partition coefficient (Wildman–Crippen LogP) is 1.49. The maximum absolute atomic E-state index is 12.0. The zero-order valence-electron chi connectivity index (χ0n) is 13.0. The van der Waals surface area contributed by atoms with Gasteiger partial charge in [0.05, 0.1) is 0 Å². The Hall–Kier alpha value is -2.04. The van der Waals surface area contributed by atoms with Crippen LogP contribution in [0.15, 0.2) is 30.5 Å². The van der Waals surface area contributed by atoms with Crippen molar-refractivity contribution in [2.75, 3.05) is 31.1 Å². The van der Waals surface area contributed by atoms with Crippen LogP contribution in [0.2, 0.25) is 0 Å². The smallest absolute Gasteiger partial charge is 0.246 e. The molecule has 1 amide bonds. The van der Waals surface area contributed by atoms with Crippen LogP contribution < -0.4 is 9.63 Å². The number of aromatic nitrogens is 1. The van der Waals surface area contributed by atoms with E-state index in [-0.39, 0.29) is 5.91 Å². The van der Waals surface area contributed by atoms with Gasteiger partial charge in [0.1, 0.15) is 5.69 Å². The molecule has 0 N–H and O–H groups in total. The quantitative estimate of drug-likeness (QED) is 0.481. The van der Waals surface area contributed by atoms with Crippen LogP contribution in [0.25, 0.3) is 0 Å². The number of hydrogen-bond donors (Lipinski definition) is 0. The molecule has 0 spiro atoms. The van der Waals surface area contributed by atoms with Gasteiger partial charge in [0.25, 0.3) is 0 Å². The summed E-state index contributed by atoms with van der Waals surface area (Å²) in [6.45, 7) is 8.82. The average molecular weight is 289 g/mol. The molecule has 1 aliphatic heterocycles. The Morgan fingerprint density at radius 3 is 2.62 bits per heavy atom. The molecule has 2 heterocycles. The largest absolute Gasteiger partial charge is 0.618 e. The molecular weight excluding hydrogens is 266 g/mol. The zero-order valence-corrected chi connectivity index (χ0v) is 13.0. The number of hydrogen-bond acceptors (Lipinski definition) is 3. The molecule has 1 aromatic heterocycles.